The van der Waals surface area contributed by atoms with Crippen molar-refractivity contribution in [3.63, 3.8) is 0 Å². The maximum atomic E-state index is 13.0. The molecule has 0 fully saturated rings. The van der Waals surface area contributed by atoms with Crippen LogP contribution in [0.15, 0.2) is 12.1 Å². The summed E-state index contributed by atoms with van der Waals surface area (Å²) in [5.41, 5.74) is -0.631. The predicted octanol–water partition coefficient (Wildman–Crippen LogP) is 2.20. The van der Waals surface area contributed by atoms with Crippen LogP contribution in [-0.2, 0) is 10.0 Å². The van der Waals surface area contributed by atoms with Gasteiger partial charge in [-0.15, -0.1) is 0 Å². The van der Waals surface area contributed by atoms with E-state index in [4.69, 9.17) is 0 Å². The van der Waals surface area contributed by atoms with Gasteiger partial charge in [0.1, 0.15) is 4.66 Å². The van der Waals surface area contributed by atoms with E-state index in [2.05, 4.69) is 15.9 Å². The molecule has 8 heteroatoms. The fourth-order valence-electron chi connectivity index (χ4n) is 0.800. The number of anilines is 1. The maximum Gasteiger partial charge on any atom is 0.242 e. The van der Waals surface area contributed by atoms with Gasteiger partial charge >= 0.3 is 0 Å². The first kappa shape index (κ1) is 12.3. The Kier molecular flexibility index (Phi) is 3.61. The molecule has 0 saturated heterocycles. The maximum absolute atomic E-state index is 13.0. The molecule has 84 valence electrons. The summed E-state index contributed by atoms with van der Waals surface area (Å²) >= 11 is 2.65. The molecule has 0 aliphatic carbocycles. The molecule has 3 nitrogen and oxygen atoms in total. The summed E-state index contributed by atoms with van der Waals surface area (Å²) in [5, 5.41) is 0. The van der Waals surface area contributed by atoms with Gasteiger partial charge in [0.2, 0.25) is 10.0 Å². The number of halogens is 4. The summed E-state index contributed by atoms with van der Waals surface area (Å²) in [6.07, 6.45) is 0. The van der Waals surface area contributed by atoms with Crippen LogP contribution in [0.2, 0.25) is 0 Å². The lowest BCUT2D eigenvalue weighted by molar-refractivity contribution is 0.449. The molecule has 0 radical (unpaired) electrons. The van der Waals surface area contributed by atoms with Crippen molar-refractivity contribution < 1.29 is 21.6 Å². The van der Waals surface area contributed by atoms with Crippen molar-refractivity contribution in [3.8, 4) is 0 Å². The van der Waals surface area contributed by atoms with E-state index in [-0.39, 0.29) is 0 Å². The molecule has 0 amide bonds. The van der Waals surface area contributed by atoms with E-state index in [1.807, 2.05) is 0 Å². The minimum atomic E-state index is -3.79. The summed E-state index contributed by atoms with van der Waals surface area (Å²) in [6, 6.07) is 1.43. The van der Waals surface area contributed by atoms with Crippen molar-refractivity contribution in [1.29, 1.82) is 0 Å². The van der Waals surface area contributed by atoms with Gasteiger partial charge in [0.05, 0.1) is 5.69 Å². The van der Waals surface area contributed by atoms with Crippen LogP contribution in [0.5, 0.6) is 0 Å². The van der Waals surface area contributed by atoms with Gasteiger partial charge in [-0.3, -0.25) is 4.72 Å². The van der Waals surface area contributed by atoms with E-state index in [0.29, 0.717) is 6.07 Å². The molecular weight excluding hydrogens is 299 g/mol. The second kappa shape index (κ2) is 4.40. The third kappa shape index (κ3) is 2.85. The second-order valence-electron chi connectivity index (χ2n) is 2.55. The van der Waals surface area contributed by atoms with Crippen LogP contribution in [0.3, 0.4) is 0 Å². The zero-order valence-electron chi connectivity index (χ0n) is 7.10. The van der Waals surface area contributed by atoms with Crippen LogP contribution in [0.25, 0.3) is 0 Å². The molecule has 0 aliphatic heterocycles. The lowest BCUT2D eigenvalue weighted by atomic mass is 10.3. The van der Waals surface area contributed by atoms with E-state index in [1.54, 1.807) is 4.72 Å². The van der Waals surface area contributed by atoms with Gasteiger partial charge in [-0.25, -0.2) is 21.6 Å². The van der Waals surface area contributed by atoms with Crippen LogP contribution in [-0.4, -0.2) is 13.1 Å². The molecule has 15 heavy (non-hydrogen) atoms. The Balaban J connectivity index is 3.13. The Hall–Kier alpha value is -0.760. The molecular formula is C7H5BrF3NO2S. The van der Waals surface area contributed by atoms with Crippen molar-refractivity contribution in [3.05, 3.63) is 29.6 Å². The highest BCUT2D eigenvalue weighted by Crippen LogP contribution is 2.20. The van der Waals surface area contributed by atoms with Crippen molar-refractivity contribution in [2.45, 2.75) is 0 Å². The molecule has 0 spiro atoms. The number of hydrogen-bond donors (Lipinski definition) is 1. The monoisotopic (exact) mass is 303 g/mol. The molecule has 0 saturated carbocycles. The normalized spacial score (nSPS) is 11.5. The average molecular weight is 304 g/mol. The molecule has 0 aromatic heterocycles. The number of hydrogen-bond acceptors (Lipinski definition) is 2. The lowest BCUT2D eigenvalue weighted by Crippen LogP contribution is -2.15. The number of alkyl halides is 1. The minimum absolute atomic E-state index is 0.474. The first-order chi connectivity index (χ1) is 6.87. The number of nitrogens with one attached hydrogen (secondary N) is 1. The van der Waals surface area contributed by atoms with Gasteiger partial charge in [-0.05, 0) is 12.1 Å². The molecule has 1 aromatic rings. The smallest absolute Gasteiger partial charge is 0.242 e. The molecule has 0 heterocycles. The minimum Gasteiger partial charge on any atom is -0.280 e. The zero-order chi connectivity index (χ0) is 11.6. The van der Waals surface area contributed by atoms with E-state index in [1.165, 1.54) is 0 Å². The summed E-state index contributed by atoms with van der Waals surface area (Å²) in [5.74, 6) is -4.67. The third-order valence-electron chi connectivity index (χ3n) is 1.44. The Morgan fingerprint density at radius 3 is 2.33 bits per heavy atom. The van der Waals surface area contributed by atoms with E-state index in [9.17, 15) is 21.6 Å². The van der Waals surface area contributed by atoms with Gasteiger partial charge in [0, 0.05) is 0 Å². The van der Waals surface area contributed by atoms with Crippen molar-refractivity contribution in [2.75, 3.05) is 9.38 Å². The van der Waals surface area contributed by atoms with Crippen LogP contribution in [0.4, 0.5) is 18.9 Å². The van der Waals surface area contributed by atoms with Crippen LogP contribution in [0, 0.1) is 17.5 Å². The van der Waals surface area contributed by atoms with E-state index < -0.39 is 37.8 Å². The third-order valence-corrected chi connectivity index (χ3v) is 4.07. The Morgan fingerprint density at radius 1 is 1.20 bits per heavy atom. The quantitative estimate of drug-likeness (QED) is 0.687. The molecule has 0 unspecified atom stereocenters. The van der Waals surface area contributed by atoms with Gasteiger partial charge in [0.15, 0.2) is 17.5 Å². The van der Waals surface area contributed by atoms with Crippen molar-refractivity contribution in [2.24, 2.45) is 0 Å². The summed E-state index contributed by atoms with van der Waals surface area (Å²) in [4.78, 5) is 0. The van der Waals surface area contributed by atoms with Crippen LogP contribution >= 0.6 is 15.9 Å². The van der Waals surface area contributed by atoms with Crippen molar-refractivity contribution in [1.82, 2.24) is 0 Å². The van der Waals surface area contributed by atoms with Crippen LogP contribution in [0.1, 0.15) is 0 Å². The SMILES string of the molecule is O=S(=O)(CBr)Nc1ccc(F)c(F)c1F. The highest BCUT2D eigenvalue weighted by atomic mass is 79.9. The second-order valence-corrected chi connectivity index (χ2v) is 5.57. The van der Waals surface area contributed by atoms with E-state index in [0.717, 1.165) is 6.07 Å². The number of rotatable bonds is 3. The molecule has 0 aliphatic rings. The Labute approximate surface area is 92.5 Å². The fourth-order valence-corrected chi connectivity index (χ4v) is 1.69. The summed E-state index contributed by atoms with van der Waals surface area (Å²) in [6.45, 7) is 0. The van der Waals surface area contributed by atoms with Gasteiger partial charge < -0.3 is 0 Å². The largest absolute Gasteiger partial charge is 0.280 e. The molecule has 0 bridgehead atoms. The van der Waals surface area contributed by atoms with Gasteiger partial charge in [-0.1, -0.05) is 15.9 Å². The fraction of sp³-hybridized carbons (Fsp3) is 0.143. The lowest BCUT2D eigenvalue weighted by Gasteiger charge is -2.06. The number of sulfonamides is 1. The van der Waals surface area contributed by atoms with E-state index >= 15 is 0 Å². The topological polar surface area (TPSA) is 46.2 Å². The van der Waals surface area contributed by atoms with Crippen LogP contribution < -0.4 is 4.72 Å². The summed E-state index contributed by atoms with van der Waals surface area (Å²) in [7, 11) is -3.79. The molecule has 0 atom stereocenters. The van der Waals surface area contributed by atoms with Gasteiger partial charge in [-0.2, -0.15) is 0 Å². The first-order valence-corrected chi connectivity index (χ1v) is 6.34. The Morgan fingerprint density at radius 2 is 1.80 bits per heavy atom. The number of benzene rings is 1. The average Bonchev–Trinajstić information content (AvgIpc) is 2.19. The molecule has 1 aromatic carbocycles. The zero-order valence-corrected chi connectivity index (χ0v) is 9.50. The predicted molar refractivity (Wildman–Crippen MR) is 52.7 cm³/mol. The Bertz CT molecular complexity index is 477. The highest BCUT2D eigenvalue weighted by molar-refractivity contribution is 9.10. The summed E-state index contributed by atoms with van der Waals surface area (Å²) < 4.78 is 61.3. The highest BCUT2D eigenvalue weighted by Gasteiger charge is 2.17. The first-order valence-electron chi connectivity index (χ1n) is 3.57. The molecule has 1 rings (SSSR count). The van der Waals surface area contributed by atoms with Crippen molar-refractivity contribution >= 4 is 31.6 Å². The standard InChI is InChI=1S/C7H5BrF3NO2S/c8-3-15(13,14)12-5-2-1-4(9)6(10)7(5)11/h1-2,12H,3H2. The van der Waals surface area contributed by atoms with Gasteiger partial charge in [0.25, 0.3) is 0 Å². The molecule has 1 N–H and O–H groups in total.